The normalized spacial score (nSPS) is 13.3. The summed E-state index contributed by atoms with van der Waals surface area (Å²) in [5.41, 5.74) is 1.43. The van der Waals surface area contributed by atoms with Gasteiger partial charge in [0.2, 0.25) is 0 Å². The van der Waals surface area contributed by atoms with Crippen molar-refractivity contribution in [2.24, 2.45) is 0 Å². The van der Waals surface area contributed by atoms with Crippen LogP contribution in [0.25, 0.3) is 8.87 Å². The van der Waals surface area contributed by atoms with E-state index in [1.54, 1.807) is 4.44 Å². The number of ether oxygens (including phenoxy) is 1. The molecule has 3 heteroatoms. The molecule has 2 aromatic heterocycles. The molecule has 0 aliphatic carbocycles. The second-order valence-electron chi connectivity index (χ2n) is 2.68. The number of fused-ring (bicyclic) bond motifs is 3. The summed E-state index contributed by atoms with van der Waals surface area (Å²) in [7, 11) is 0. The molecule has 0 amide bonds. The van der Waals surface area contributed by atoms with E-state index in [2.05, 4.69) is 22.0 Å². The van der Waals surface area contributed by atoms with Crippen molar-refractivity contribution in [2.75, 3.05) is 0 Å². The van der Waals surface area contributed by atoms with Gasteiger partial charge in [0.1, 0.15) is 0 Å². The van der Waals surface area contributed by atoms with E-state index in [0.717, 1.165) is 12.4 Å². The molecule has 0 saturated carbocycles. The Kier molecular flexibility index (Phi) is 1.59. The second kappa shape index (κ2) is 2.65. The monoisotopic (exact) mass is 290 g/mol. The first-order valence-corrected chi connectivity index (χ1v) is 7.41. The summed E-state index contributed by atoms with van der Waals surface area (Å²) in [6.07, 6.45) is 0. The first kappa shape index (κ1) is 7.23. The molecule has 60 valence electrons. The average Bonchev–Trinajstić information content (AvgIpc) is 2.71. The van der Waals surface area contributed by atoms with E-state index in [9.17, 15) is 0 Å². The molecule has 12 heavy (non-hydrogen) atoms. The fraction of sp³-hybridized carbons (Fsp3) is 0.111. The summed E-state index contributed by atoms with van der Waals surface area (Å²) in [5.74, 6) is 1.15. The van der Waals surface area contributed by atoms with Gasteiger partial charge >= 0.3 is 82.6 Å². The second-order valence-corrected chi connectivity index (χ2v) is 6.52. The molecule has 1 nitrogen and oxygen atoms in total. The molecule has 0 fully saturated rings. The van der Waals surface area contributed by atoms with Crippen molar-refractivity contribution in [1.82, 2.24) is 0 Å². The van der Waals surface area contributed by atoms with Crippen molar-refractivity contribution in [2.45, 2.75) is 6.61 Å². The van der Waals surface area contributed by atoms with Gasteiger partial charge in [0.25, 0.3) is 0 Å². The Balaban J connectivity index is 2.32. The minimum atomic E-state index is 0.546. The van der Waals surface area contributed by atoms with Crippen molar-refractivity contribution < 1.29 is 4.74 Å². The van der Waals surface area contributed by atoms with Gasteiger partial charge in [-0.2, -0.15) is 0 Å². The zero-order valence-corrected chi connectivity index (χ0v) is 9.67. The third kappa shape index (κ3) is 0.915. The number of hydrogen-bond acceptors (Lipinski definition) is 1. The van der Waals surface area contributed by atoms with Gasteiger partial charge in [0, 0.05) is 0 Å². The van der Waals surface area contributed by atoms with Gasteiger partial charge in [-0.05, 0) is 0 Å². The molecule has 0 atom stereocenters. The fourth-order valence-corrected chi connectivity index (χ4v) is 5.92. The zero-order chi connectivity index (χ0) is 7.97. The van der Waals surface area contributed by atoms with Gasteiger partial charge in [0.15, 0.2) is 0 Å². The molecular weight excluding hydrogens is 282 g/mol. The zero-order valence-electron chi connectivity index (χ0n) is 6.24. The summed E-state index contributed by atoms with van der Waals surface area (Å²) < 4.78 is 8.74. The molecule has 0 unspecified atom stereocenters. The van der Waals surface area contributed by atoms with E-state index in [-0.39, 0.29) is 0 Å². The average molecular weight is 288 g/mol. The van der Waals surface area contributed by atoms with Gasteiger partial charge in [-0.15, -0.1) is 0 Å². The van der Waals surface area contributed by atoms with E-state index in [4.69, 9.17) is 4.74 Å². The van der Waals surface area contributed by atoms with Crippen molar-refractivity contribution in [1.29, 1.82) is 0 Å². The van der Waals surface area contributed by atoms with E-state index in [1.165, 1.54) is 10.0 Å². The van der Waals surface area contributed by atoms with Crippen molar-refractivity contribution in [3.8, 4) is 14.6 Å². The predicted molar refractivity (Wildman–Crippen MR) is 50.1 cm³/mol. The molecule has 3 rings (SSSR count). The fourth-order valence-electron chi connectivity index (χ4n) is 1.38. The summed E-state index contributed by atoms with van der Waals surface area (Å²) >= 11 is 1.14. The Bertz CT molecular complexity index is 373. The number of hydrogen-bond donors (Lipinski definition) is 0. The van der Waals surface area contributed by atoms with E-state index in [1.807, 2.05) is 0 Å². The Morgan fingerprint density at radius 1 is 1.08 bits per heavy atom. The van der Waals surface area contributed by atoms with Crippen LogP contribution in [0.3, 0.4) is 0 Å². The van der Waals surface area contributed by atoms with Crippen molar-refractivity contribution in [3.63, 3.8) is 0 Å². The quantitative estimate of drug-likeness (QED) is 0.665. The van der Waals surface area contributed by atoms with Crippen LogP contribution in [0.2, 0.25) is 0 Å². The van der Waals surface area contributed by atoms with Gasteiger partial charge in [-0.1, -0.05) is 0 Å². The summed E-state index contributed by atoms with van der Waals surface area (Å²) in [6, 6.07) is 4.36. The first-order valence-electron chi connectivity index (χ1n) is 3.72. The molecule has 2 aromatic rings. The molecule has 0 spiro atoms. The topological polar surface area (TPSA) is 9.23 Å². The van der Waals surface area contributed by atoms with Crippen molar-refractivity contribution in [3.05, 3.63) is 27.6 Å². The molecule has 1 aliphatic rings. The van der Waals surface area contributed by atoms with Crippen LogP contribution in [-0.4, -0.2) is 29.0 Å². The molecule has 1 aliphatic heterocycles. The summed E-state index contributed by atoms with van der Waals surface area (Å²) in [5, 5.41) is 0. The first-order chi connectivity index (χ1) is 5.95. The third-order valence-electron chi connectivity index (χ3n) is 1.97. The minimum absolute atomic E-state index is 0.546. The Morgan fingerprint density at radius 2 is 1.92 bits per heavy atom. The molecule has 3 heterocycles. The van der Waals surface area contributed by atoms with Crippen molar-refractivity contribution >= 4 is 29.0 Å². The summed E-state index contributed by atoms with van der Waals surface area (Å²) in [4.78, 5) is 4.55. The molecule has 0 aromatic carbocycles. The molecule has 0 saturated heterocycles. The van der Waals surface area contributed by atoms with E-state index in [0.29, 0.717) is 29.0 Å². The number of rotatable bonds is 0. The third-order valence-corrected chi connectivity index (χ3v) is 6.58. The van der Waals surface area contributed by atoms with E-state index < -0.39 is 0 Å². The van der Waals surface area contributed by atoms with Crippen LogP contribution >= 0.6 is 0 Å². The maximum absolute atomic E-state index is 5.63. The molecule has 0 radical (unpaired) electrons. The Morgan fingerprint density at radius 3 is 2.92 bits per heavy atom. The van der Waals surface area contributed by atoms with Gasteiger partial charge in [0.05, 0.1) is 0 Å². The van der Waals surface area contributed by atoms with Crippen LogP contribution < -0.4 is 4.74 Å². The Labute approximate surface area is 82.5 Å². The van der Waals surface area contributed by atoms with Gasteiger partial charge in [-0.3, -0.25) is 0 Å². The van der Waals surface area contributed by atoms with Gasteiger partial charge < -0.3 is 0 Å². The van der Waals surface area contributed by atoms with Crippen LogP contribution in [0.1, 0.15) is 5.56 Å². The standard InChI is InChI=1S/C9H6OSe2/c1-3-11-8-6(1)5-10-7-2-4-12-9(7)8/h1-4H,5H2. The van der Waals surface area contributed by atoms with Crippen LogP contribution in [0.5, 0.6) is 5.75 Å². The van der Waals surface area contributed by atoms with E-state index >= 15 is 0 Å². The SMILES string of the molecule is c1cc2c([se]1)-c1[se]ccc1OC2. The maximum atomic E-state index is 5.63. The predicted octanol–water partition coefficient (Wildman–Crippen LogP) is 1.36. The Hall–Kier alpha value is -0.201. The molecule has 0 bridgehead atoms. The molecule has 0 N–H and O–H groups in total. The van der Waals surface area contributed by atoms with Crippen LogP contribution in [-0.2, 0) is 6.61 Å². The molecular formula is C9H6OSe2. The van der Waals surface area contributed by atoms with Gasteiger partial charge in [-0.25, -0.2) is 0 Å². The van der Waals surface area contributed by atoms with Crippen LogP contribution in [0, 0.1) is 0 Å². The van der Waals surface area contributed by atoms with Crippen LogP contribution in [0.15, 0.2) is 22.0 Å². The van der Waals surface area contributed by atoms with Crippen LogP contribution in [0.4, 0.5) is 0 Å². The summed E-state index contributed by atoms with van der Waals surface area (Å²) in [6.45, 7) is 0.798.